The van der Waals surface area contributed by atoms with Crippen LogP contribution in [0.15, 0.2) is 36.7 Å². The lowest BCUT2D eigenvalue weighted by atomic mass is 10.1. The summed E-state index contributed by atoms with van der Waals surface area (Å²) < 4.78 is 0. The maximum absolute atomic E-state index is 12.6. The second-order valence-corrected chi connectivity index (χ2v) is 7.90. The Labute approximate surface area is 206 Å². The number of hydrogen-bond donors (Lipinski definition) is 4. The molecule has 0 aromatic heterocycles. The van der Waals surface area contributed by atoms with Crippen LogP contribution in [0.2, 0.25) is 0 Å². The van der Waals surface area contributed by atoms with E-state index >= 15 is 0 Å². The van der Waals surface area contributed by atoms with E-state index in [4.69, 9.17) is 10.6 Å². The van der Waals surface area contributed by atoms with Gasteiger partial charge < -0.3 is 31.4 Å². The van der Waals surface area contributed by atoms with E-state index in [0.717, 1.165) is 5.06 Å². The third-order valence-corrected chi connectivity index (χ3v) is 5.10. The molecule has 0 aliphatic carbocycles. The zero-order valence-corrected chi connectivity index (χ0v) is 19.5. The van der Waals surface area contributed by atoms with E-state index in [9.17, 15) is 33.6 Å². The molecule has 2 aliphatic rings. The van der Waals surface area contributed by atoms with Crippen molar-refractivity contribution in [2.75, 3.05) is 19.6 Å². The second-order valence-electron chi connectivity index (χ2n) is 7.90. The third-order valence-electron chi connectivity index (χ3n) is 5.10. The van der Waals surface area contributed by atoms with Crippen LogP contribution in [-0.4, -0.2) is 77.1 Å². The fourth-order valence-corrected chi connectivity index (χ4v) is 3.19. The number of carbonyl (C=O) groups is 7. The summed E-state index contributed by atoms with van der Waals surface area (Å²) in [5.74, 6) is -4.44. The van der Waals surface area contributed by atoms with Crippen molar-refractivity contribution in [3.8, 4) is 0 Å². The Kier molecular flexibility index (Phi) is 9.89. The molecule has 2 aliphatic heterocycles. The first kappa shape index (κ1) is 27.8. The van der Waals surface area contributed by atoms with Crippen molar-refractivity contribution in [1.82, 2.24) is 25.9 Å². The Morgan fingerprint density at radius 2 is 1.72 bits per heavy atom. The molecular formula is C22H28N6O8. The zero-order chi connectivity index (χ0) is 26.8. The van der Waals surface area contributed by atoms with Gasteiger partial charge in [-0.25, -0.2) is 4.79 Å². The molecule has 1 atom stereocenters. The number of allylic oxidation sites excluding steroid dienone is 2. The van der Waals surface area contributed by atoms with Crippen LogP contribution in [0.4, 0.5) is 0 Å². The lowest BCUT2D eigenvalue weighted by Crippen LogP contribution is -2.50. The Hall–Kier alpha value is -4.49. The molecule has 0 radical (unpaired) electrons. The van der Waals surface area contributed by atoms with Gasteiger partial charge in [0.2, 0.25) is 23.6 Å². The summed E-state index contributed by atoms with van der Waals surface area (Å²) in [5, 5.41) is 7.74. The van der Waals surface area contributed by atoms with E-state index in [1.807, 2.05) is 0 Å². The fourth-order valence-electron chi connectivity index (χ4n) is 3.19. The summed E-state index contributed by atoms with van der Waals surface area (Å²) in [6.07, 6.45) is 2.59. The minimum absolute atomic E-state index is 0.0155. The Morgan fingerprint density at radius 1 is 1.00 bits per heavy atom. The summed E-state index contributed by atoms with van der Waals surface area (Å²) in [6.45, 7) is 6.41. The van der Waals surface area contributed by atoms with Crippen LogP contribution in [0.3, 0.4) is 0 Å². The van der Waals surface area contributed by atoms with Gasteiger partial charge in [0.25, 0.3) is 11.8 Å². The maximum atomic E-state index is 12.6. The number of nitrogens with one attached hydrogen (secondary N) is 3. The van der Waals surface area contributed by atoms with E-state index in [0.29, 0.717) is 17.8 Å². The first-order chi connectivity index (χ1) is 17.0. The second kappa shape index (κ2) is 12.8. The van der Waals surface area contributed by atoms with Crippen molar-refractivity contribution < 1.29 is 38.4 Å². The minimum atomic E-state index is -1.25. The van der Waals surface area contributed by atoms with Crippen molar-refractivity contribution >= 4 is 41.4 Å². The summed E-state index contributed by atoms with van der Waals surface area (Å²) >= 11 is 0. The van der Waals surface area contributed by atoms with Crippen molar-refractivity contribution in [1.29, 1.82) is 0 Å². The monoisotopic (exact) mass is 504 g/mol. The van der Waals surface area contributed by atoms with Gasteiger partial charge in [0, 0.05) is 31.2 Å². The number of amides is 6. The highest BCUT2D eigenvalue weighted by Gasteiger charge is 2.29. The molecule has 14 heteroatoms. The highest BCUT2D eigenvalue weighted by atomic mass is 16.7. The highest BCUT2D eigenvalue weighted by molar-refractivity contribution is 5.94. The summed E-state index contributed by atoms with van der Waals surface area (Å²) in [7, 11) is 0. The maximum Gasteiger partial charge on any atom is 0.333 e. The molecule has 1 fully saturated rings. The number of nitrogens with two attached hydrogens (primary N) is 1. The molecule has 1 saturated heterocycles. The Morgan fingerprint density at radius 3 is 2.31 bits per heavy atom. The Balaban J connectivity index is 1.93. The molecule has 194 valence electrons. The molecule has 6 amide bonds. The third kappa shape index (κ3) is 8.38. The predicted molar refractivity (Wildman–Crippen MR) is 122 cm³/mol. The molecule has 0 aromatic rings. The topological polar surface area (TPSA) is 197 Å². The Bertz CT molecular complexity index is 986. The zero-order valence-electron chi connectivity index (χ0n) is 19.5. The molecule has 0 bridgehead atoms. The van der Waals surface area contributed by atoms with Crippen molar-refractivity contribution in [2.24, 2.45) is 5.73 Å². The largest absolute Gasteiger partial charge is 0.368 e. The lowest BCUT2D eigenvalue weighted by Gasteiger charge is -2.21. The fraction of sp³-hybridized carbons (Fsp3) is 0.409. The van der Waals surface area contributed by atoms with Crippen LogP contribution in [0.25, 0.3) is 0 Å². The van der Waals surface area contributed by atoms with Gasteiger partial charge in [-0.05, 0) is 18.9 Å². The molecule has 0 aromatic carbocycles. The summed E-state index contributed by atoms with van der Waals surface area (Å²) in [6, 6.07) is -1.25. The average Bonchev–Trinajstić information content (AvgIpc) is 3.31. The van der Waals surface area contributed by atoms with Crippen molar-refractivity contribution in [3.05, 3.63) is 36.7 Å². The van der Waals surface area contributed by atoms with Crippen LogP contribution >= 0.6 is 0 Å². The number of hydrogen-bond acceptors (Lipinski definition) is 8. The van der Waals surface area contributed by atoms with Crippen LogP contribution in [-0.2, 0) is 38.4 Å². The molecule has 36 heavy (non-hydrogen) atoms. The first-order valence-electron chi connectivity index (χ1n) is 11.0. The van der Waals surface area contributed by atoms with Crippen LogP contribution in [0, 0.1) is 0 Å². The standard InChI is InChI=1S/C22H28N6O8/c1-13-3-6-19(32)27(13)10-9-17(30)26-15(22(35)25-12-18(31)24-11-16(23)29)5-8-21(34)36-28-14(2)4-7-20(28)33/h3,6,15H,1-2,4-5,7-12H2,(H2,23,29)(H,24,31)(H,25,35)(H,26,30). The number of carbonyl (C=O) groups excluding carboxylic acids is 7. The SMILES string of the molecule is C=C1C=CC(=O)N1CCC(=O)NC(CCC(=O)ON1C(=C)CCC1=O)C(=O)NCC(=O)NCC(N)=O. The van der Waals surface area contributed by atoms with Crippen LogP contribution < -0.4 is 21.7 Å². The average molecular weight is 505 g/mol. The van der Waals surface area contributed by atoms with E-state index < -0.39 is 54.6 Å². The smallest absolute Gasteiger partial charge is 0.333 e. The molecule has 2 rings (SSSR count). The summed E-state index contributed by atoms with van der Waals surface area (Å²) in [4.78, 5) is 89.6. The van der Waals surface area contributed by atoms with E-state index in [-0.39, 0.29) is 38.1 Å². The number of primary amides is 1. The molecule has 0 saturated carbocycles. The van der Waals surface area contributed by atoms with Gasteiger partial charge in [-0.1, -0.05) is 13.2 Å². The van der Waals surface area contributed by atoms with Crippen molar-refractivity contribution in [3.63, 3.8) is 0 Å². The summed E-state index contributed by atoms with van der Waals surface area (Å²) in [5.41, 5.74) is 5.68. The normalized spacial score (nSPS) is 15.7. The molecule has 2 heterocycles. The lowest BCUT2D eigenvalue weighted by molar-refractivity contribution is -0.186. The highest BCUT2D eigenvalue weighted by Crippen LogP contribution is 2.21. The first-order valence-corrected chi connectivity index (χ1v) is 11.0. The van der Waals surface area contributed by atoms with Gasteiger partial charge in [0.1, 0.15) is 6.04 Å². The molecule has 14 nitrogen and oxygen atoms in total. The quantitative estimate of drug-likeness (QED) is 0.218. The minimum Gasteiger partial charge on any atom is -0.368 e. The molecular weight excluding hydrogens is 476 g/mol. The molecule has 0 spiro atoms. The number of hydroxylamine groups is 2. The van der Waals surface area contributed by atoms with Crippen LogP contribution in [0.1, 0.15) is 32.1 Å². The van der Waals surface area contributed by atoms with Crippen LogP contribution in [0.5, 0.6) is 0 Å². The van der Waals surface area contributed by atoms with E-state index in [1.54, 1.807) is 0 Å². The number of rotatable bonds is 13. The van der Waals surface area contributed by atoms with Gasteiger partial charge in [-0.2, -0.15) is 0 Å². The van der Waals surface area contributed by atoms with E-state index in [2.05, 4.69) is 29.1 Å². The van der Waals surface area contributed by atoms with Gasteiger partial charge in [0.05, 0.1) is 25.2 Å². The van der Waals surface area contributed by atoms with E-state index in [1.165, 1.54) is 17.1 Å². The van der Waals surface area contributed by atoms with Gasteiger partial charge in [-0.3, -0.25) is 28.8 Å². The molecule has 1 unspecified atom stereocenters. The van der Waals surface area contributed by atoms with Crippen molar-refractivity contribution in [2.45, 2.75) is 38.1 Å². The van der Waals surface area contributed by atoms with Gasteiger partial charge in [-0.15, -0.1) is 5.06 Å². The van der Waals surface area contributed by atoms with Gasteiger partial charge in [0.15, 0.2) is 0 Å². The predicted octanol–water partition coefficient (Wildman–Crippen LogP) is -2.13. The number of nitrogens with zero attached hydrogens (tertiary/aromatic N) is 2. The molecule has 5 N–H and O–H groups in total. The van der Waals surface area contributed by atoms with Gasteiger partial charge >= 0.3 is 5.97 Å².